The van der Waals surface area contributed by atoms with Crippen molar-refractivity contribution in [3.8, 4) is 11.4 Å². The van der Waals surface area contributed by atoms with Crippen LogP contribution < -0.4 is 5.56 Å². The SMILES string of the molecule is CC(C)c1nc(-c2ccc(Cl)c(Br)c2)[nH]c(=O)c1I. The molecule has 1 N–H and O–H groups in total. The third-order valence-electron chi connectivity index (χ3n) is 2.63. The van der Waals surface area contributed by atoms with Crippen molar-refractivity contribution in [1.82, 2.24) is 9.97 Å². The minimum Gasteiger partial charge on any atom is -0.306 e. The molecule has 1 aromatic heterocycles. The lowest BCUT2D eigenvalue weighted by molar-refractivity contribution is 0.802. The van der Waals surface area contributed by atoms with Gasteiger partial charge in [0.25, 0.3) is 5.56 Å². The fraction of sp³-hybridized carbons (Fsp3) is 0.231. The van der Waals surface area contributed by atoms with Crippen LogP contribution in [0.25, 0.3) is 11.4 Å². The third kappa shape index (κ3) is 3.20. The number of hydrogen-bond acceptors (Lipinski definition) is 2. The van der Waals surface area contributed by atoms with Crippen LogP contribution in [0.4, 0.5) is 0 Å². The lowest BCUT2D eigenvalue weighted by atomic mass is 10.1. The van der Waals surface area contributed by atoms with Gasteiger partial charge < -0.3 is 4.98 Å². The van der Waals surface area contributed by atoms with Crippen LogP contribution in [0, 0.1) is 3.57 Å². The summed E-state index contributed by atoms with van der Waals surface area (Å²) in [5, 5.41) is 0.626. The number of hydrogen-bond donors (Lipinski definition) is 1. The summed E-state index contributed by atoms with van der Waals surface area (Å²) in [5.74, 6) is 0.759. The van der Waals surface area contributed by atoms with Crippen LogP contribution in [-0.4, -0.2) is 9.97 Å². The Bertz CT molecular complexity index is 685. The second-order valence-electron chi connectivity index (χ2n) is 4.40. The number of halogens is 3. The van der Waals surface area contributed by atoms with Gasteiger partial charge in [-0.1, -0.05) is 25.4 Å². The molecule has 3 nitrogen and oxygen atoms in total. The number of rotatable bonds is 2. The zero-order valence-electron chi connectivity index (χ0n) is 10.3. The summed E-state index contributed by atoms with van der Waals surface area (Å²) in [7, 11) is 0. The number of H-pyrrole nitrogens is 1. The normalized spacial score (nSPS) is 11.1. The quantitative estimate of drug-likeness (QED) is 0.677. The van der Waals surface area contributed by atoms with Crippen molar-refractivity contribution in [2.45, 2.75) is 19.8 Å². The van der Waals surface area contributed by atoms with Gasteiger partial charge in [0.1, 0.15) is 5.82 Å². The van der Waals surface area contributed by atoms with E-state index in [1.54, 1.807) is 6.07 Å². The maximum absolute atomic E-state index is 11.9. The molecule has 0 saturated carbocycles. The molecular formula is C13H11BrClIN2O. The summed E-state index contributed by atoms with van der Waals surface area (Å²) >= 11 is 11.4. The van der Waals surface area contributed by atoms with E-state index in [1.807, 2.05) is 48.6 Å². The fourth-order valence-electron chi connectivity index (χ4n) is 1.64. The average molecular weight is 454 g/mol. The molecule has 0 atom stereocenters. The molecule has 1 heterocycles. The molecule has 0 bridgehead atoms. The average Bonchev–Trinajstić information content (AvgIpc) is 2.35. The van der Waals surface area contributed by atoms with E-state index in [0.29, 0.717) is 14.4 Å². The van der Waals surface area contributed by atoms with Crippen molar-refractivity contribution < 1.29 is 0 Å². The Balaban J connectivity index is 2.63. The standard InChI is InChI=1S/C13H11BrClIN2O/c1-6(2)11-10(16)13(19)18-12(17-11)7-3-4-9(15)8(14)5-7/h3-6H,1-2H3,(H,17,18,19). The Morgan fingerprint density at radius 3 is 2.68 bits per heavy atom. The monoisotopic (exact) mass is 452 g/mol. The molecule has 0 aliphatic rings. The van der Waals surface area contributed by atoms with Crippen molar-refractivity contribution in [2.24, 2.45) is 0 Å². The molecule has 0 fully saturated rings. The first-order valence-electron chi connectivity index (χ1n) is 5.65. The molecule has 0 saturated heterocycles. The topological polar surface area (TPSA) is 45.8 Å². The zero-order valence-corrected chi connectivity index (χ0v) is 14.8. The third-order valence-corrected chi connectivity index (χ3v) is 4.88. The smallest absolute Gasteiger partial charge is 0.264 e. The lowest BCUT2D eigenvalue weighted by Gasteiger charge is -2.10. The van der Waals surface area contributed by atoms with E-state index in [2.05, 4.69) is 25.9 Å². The lowest BCUT2D eigenvalue weighted by Crippen LogP contribution is -2.17. The van der Waals surface area contributed by atoms with Crippen LogP contribution in [0.3, 0.4) is 0 Å². The Morgan fingerprint density at radius 2 is 2.11 bits per heavy atom. The second-order valence-corrected chi connectivity index (χ2v) is 6.74. The van der Waals surface area contributed by atoms with Crippen LogP contribution in [0.5, 0.6) is 0 Å². The van der Waals surface area contributed by atoms with Gasteiger partial charge in [0.2, 0.25) is 0 Å². The molecule has 0 radical (unpaired) electrons. The molecule has 6 heteroatoms. The maximum atomic E-state index is 11.9. The van der Waals surface area contributed by atoms with Gasteiger partial charge in [-0.25, -0.2) is 4.98 Å². The highest BCUT2D eigenvalue weighted by atomic mass is 127. The predicted molar refractivity (Wildman–Crippen MR) is 89.8 cm³/mol. The van der Waals surface area contributed by atoms with Crippen molar-refractivity contribution >= 4 is 50.1 Å². The summed E-state index contributed by atoms with van der Waals surface area (Å²) in [6.07, 6.45) is 0. The van der Waals surface area contributed by atoms with Gasteiger partial charge in [-0.2, -0.15) is 0 Å². The summed E-state index contributed by atoms with van der Waals surface area (Å²) in [4.78, 5) is 19.3. The van der Waals surface area contributed by atoms with Crippen molar-refractivity contribution in [2.75, 3.05) is 0 Å². The molecule has 0 unspecified atom stereocenters. The Labute approximate surface area is 138 Å². The highest BCUT2D eigenvalue weighted by molar-refractivity contribution is 14.1. The van der Waals surface area contributed by atoms with Gasteiger partial charge >= 0.3 is 0 Å². The fourth-order valence-corrected chi connectivity index (χ4v) is 3.01. The number of nitrogens with one attached hydrogen (secondary N) is 1. The van der Waals surface area contributed by atoms with E-state index >= 15 is 0 Å². The van der Waals surface area contributed by atoms with E-state index in [4.69, 9.17) is 11.6 Å². The first kappa shape index (κ1) is 15.0. The Morgan fingerprint density at radius 1 is 1.42 bits per heavy atom. The highest BCUT2D eigenvalue weighted by Gasteiger charge is 2.13. The van der Waals surface area contributed by atoms with E-state index in [9.17, 15) is 4.79 Å². The van der Waals surface area contributed by atoms with Gasteiger partial charge in [-0.15, -0.1) is 0 Å². The van der Waals surface area contributed by atoms with Gasteiger partial charge in [-0.3, -0.25) is 4.79 Å². The first-order valence-corrected chi connectivity index (χ1v) is 7.90. The van der Waals surface area contributed by atoms with Gasteiger partial charge in [0.15, 0.2) is 0 Å². The largest absolute Gasteiger partial charge is 0.306 e. The minimum absolute atomic E-state index is 0.111. The van der Waals surface area contributed by atoms with E-state index in [1.165, 1.54) is 0 Å². The van der Waals surface area contributed by atoms with Crippen LogP contribution >= 0.6 is 50.1 Å². The van der Waals surface area contributed by atoms with Crippen LogP contribution in [0.15, 0.2) is 27.5 Å². The van der Waals surface area contributed by atoms with Gasteiger partial charge in [0, 0.05) is 10.0 Å². The maximum Gasteiger partial charge on any atom is 0.264 e. The predicted octanol–water partition coefficient (Wildman–Crippen LogP) is 4.58. The molecule has 0 aliphatic carbocycles. The molecular weight excluding hydrogens is 442 g/mol. The van der Waals surface area contributed by atoms with E-state index in [-0.39, 0.29) is 11.5 Å². The van der Waals surface area contributed by atoms with Crippen LogP contribution in [-0.2, 0) is 0 Å². The van der Waals surface area contributed by atoms with Gasteiger partial charge in [-0.05, 0) is 62.6 Å². The van der Waals surface area contributed by atoms with Crippen molar-refractivity contribution in [1.29, 1.82) is 0 Å². The minimum atomic E-state index is -0.111. The summed E-state index contributed by atoms with van der Waals surface area (Å²) in [6, 6.07) is 5.45. The van der Waals surface area contributed by atoms with E-state index in [0.717, 1.165) is 15.7 Å². The molecule has 2 aromatic rings. The van der Waals surface area contributed by atoms with Crippen molar-refractivity contribution in [3.05, 3.63) is 47.3 Å². The number of benzene rings is 1. The Kier molecular flexibility index (Phi) is 4.68. The van der Waals surface area contributed by atoms with Gasteiger partial charge in [0.05, 0.1) is 14.3 Å². The molecule has 0 spiro atoms. The Hall–Kier alpha value is -0.400. The zero-order chi connectivity index (χ0) is 14.2. The molecule has 2 rings (SSSR count). The number of nitrogens with zero attached hydrogens (tertiary/aromatic N) is 1. The molecule has 0 aliphatic heterocycles. The first-order chi connectivity index (χ1) is 8.90. The molecule has 100 valence electrons. The van der Waals surface area contributed by atoms with E-state index < -0.39 is 0 Å². The molecule has 0 amide bonds. The summed E-state index contributed by atoms with van der Waals surface area (Å²) in [5.41, 5.74) is 1.53. The van der Waals surface area contributed by atoms with Crippen LogP contribution in [0.2, 0.25) is 5.02 Å². The number of aromatic nitrogens is 2. The summed E-state index contributed by atoms with van der Waals surface area (Å²) < 4.78 is 1.42. The number of aromatic amines is 1. The van der Waals surface area contributed by atoms with Crippen molar-refractivity contribution in [3.63, 3.8) is 0 Å². The van der Waals surface area contributed by atoms with Crippen LogP contribution in [0.1, 0.15) is 25.5 Å². The molecule has 1 aromatic carbocycles. The summed E-state index contributed by atoms with van der Waals surface area (Å²) in [6.45, 7) is 4.04. The molecule has 19 heavy (non-hydrogen) atoms. The highest BCUT2D eigenvalue weighted by Crippen LogP contribution is 2.27. The second kappa shape index (κ2) is 5.93.